The van der Waals surface area contributed by atoms with Gasteiger partial charge in [0.05, 0.1) is 5.56 Å². The van der Waals surface area contributed by atoms with Crippen LogP contribution in [0.4, 0.5) is 19.0 Å². The molecular weight excluding hydrogens is 423 g/mol. The Kier molecular flexibility index (Phi) is 4.61. The number of pyridine rings is 1. The molecule has 0 amide bonds. The maximum atomic E-state index is 13.0. The van der Waals surface area contributed by atoms with E-state index < -0.39 is 11.7 Å². The molecule has 1 aliphatic heterocycles. The molecule has 1 saturated heterocycles. The van der Waals surface area contributed by atoms with Crippen molar-refractivity contribution in [2.24, 2.45) is 22.2 Å². The Bertz CT molecular complexity index is 935. The normalized spacial score (nSPS) is 36.7. The quantitative estimate of drug-likeness (QED) is 0.602. The van der Waals surface area contributed by atoms with E-state index in [0.29, 0.717) is 35.0 Å². The van der Waals surface area contributed by atoms with Crippen LogP contribution in [0.1, 0.15) is 51.2 Å². The number of ketones is 1. The van der Waals surface area contributed by atoms with Crippen LogP contribution in [0.2, 0.25) is 0 Å². The molecule has 4 fully saturated rings. The van der Waals surface area contributed by atoms with Crippen molar-refractivity contribution in [3.8, 4) is 0 Å². The first-order valence-corrected chi connectivity index (χ1v) is 12.1. The molecule has 3 saturated carbocycles. The number of rotatable bonds is 4. The standard InChI is InChI=1S/C23H30F3N3OS/c1-14-9-16(23(24,25)26)11-27-19(14)29-8-7-28(12-15(29)2)31-13-21-5-6-22(21)17(10-18(21)30)20(22,3)4/h9,11,15,17H,5-8,10,12-13H2,1-4H3/t15-,17-,21-,22?/m1/s1. The maximum absolute atomic E-state index is 13.0. The summed E-state index contributed by atoms with van der Waals surface area (Å²) < 4.78 is 41.2. The van der Waals surface area contributed by atoms with Crippen molar-refractivity contribution in [2.45, 2.75) is 59.2 Å². The van der Waals surface area contributed by atoms with E-state index in [9.17, 15) is 18.0 Å². The Morgan fingerprint density at radius 3 is 2.58 bits per heavy atom. The van der Waals surface area contributed by atoms with Crippen LogP contribution in [0.25, 0.3) is 0 Å². The summed E-state index contributed by atoms with van der Waals surface area (Å²) in [5.41, 5.74) is 0.275. The lowest BCUT2D eigenvalue weighted by Gasteiger charge is -2.51. The van der Waals surface area contributed by atoms with E-state index in [0.717, 1.165) is 37.9 Å². The summed E-state index contributed by atoms with van der Waals surface area (Å²) in [4.78, 5) is 19.1. The van der Waals surface area contributed by atoms with Gasteiger partial charge in [-0.3, -0.25) is 4.79 Å². The number of carbonyl (C=O) groups excluding carboxylic acids is 1. The Morgan fingerprint density at radius 2 is 2.00 bits per heavy atom. The number of piperazine rings is 1. The molecule has 5 rings (SSSR count). The minimum Gasteiger partial charge on any atom is -0.351 e. The Labute approximate surface area is 186 Å². The molecule has 0 bridgehead atoms. The van der Waals surface area contributed by atoms with Gasteiger partial charge in [0.1, 0.15) is 11.6 Å². The number of alkyl halides is 3. The zero-order chi connectivity index (χ0) is 22.4. The zero-order valence-electron chi connectivity index (χ0n) is 18.6. The third-order valence-corrected chi connectivity index (χ3v) is 10.3. The number of anilines is 1. The monoisotopic (exact) mass is 453 g/mol. The van der Waals surface area contributed by atoms with Gasteiger partial charge in [0.15, 0.2) is 0 Å². The first-order chi connectivity index (χ1) is 14.4. The van der Waals surface area contributed by atoms with Crippen LogP contribution in [0, 0.1) is 29.1 Å². The predicted molar refractivity (Wildman–Crippen MR) is 116 cm³/mol. The molecular formula is C23H30F3N3OS. The van der Waals surface area contributed by atoms with Gasteiger partial charge in [-0.15, -0.1) is 0 Å². The van der Waals surface area contributed by atoms with Gasteiger partial charge < -0.3 is 4.90 Å². The molecule has 4 aliphatic rings. The smallest absolute Gasteiger partial charge is 0.351 e. The number of carbonyl (C=O) groups is 1. The number of Topliss-reactive ketones (excluding diaryl/α,β-unsaturated/α-hetero) is 1. The first-order valence-electron chi connectivity index (χ1n) is 11.2. The average molecular weight is 454 g/mol. The highest BCUT2D eigenvalue weighted by Gasteiger charge is 2.88. The van der Waals surface area contributed by atoms with Crippen LogP contribution < -0.4 is 4.90 Å². The molecule has 1 spiro atoms. The van der Waals surface area contributed by atoms with Gasteiger partial charge in [0.25, 0.3) is 0 Å². The van der Waals surface area contributed by atoms with Crippen LogP contribution in [0.3, 0.4) is 0 Å². The van der Waals surface area contributed by atoms with E-state index in [1.54, 1.807) is 18.9 Å². The van der Waals surface area contributed by atoms with E-state index in [-0.39, 0.29) is 16.9 Å². The van der Waals surface area contributed by atoms with E-state index in [4.69, 9.17) is 0 Å². The van der Waals surface area contributed by atoms with Crippen LogP contribution in [0.15, 0.2) is 12.3 Å². The second-order valence-electron chi connectivity index (χ2n) is 10.5. The van der Waals surface area contributed by atoms with Crippen molar-refractivity contribution < 1.29 is 18.0 Å². The van der Waals surface area contributed by atoms with Gasteiger partial charge in [-0.25, -0.2) is 9.29 Å². The molecule has 170 valence electrons. The number of hydrogen-bond donors (Lipinski definition) is 0. The maximum Gasteiger partial charge on any atom is 0.417 e. The number of aryl methyl sites for hydroxylation is 1. The largest absolute Gasteiger partial charge is 0.417 e. The summed E-state index contributed by atoms with van der Waals surface area (Å²) in [6.07, 6.45) is -0.452. The second kappa shape index (κ2) is 6.62. The third-order valence-electron chi connectivity index (χ3n) is 8.99. The van der Waals surface area contributed by atoms with Crippen LogP contribution in [-0.2, 0) is 11.0 Å². The molecule has 0 aromatic carbocycles. The molecule has 4 nitrogen and oxygen atoms in total. The summed E-state index contributed by atoms with van der Waals surface area (Å²) >= 11 is 1.81. The number of hydrogen-bond acceptors (Lipinski definition) is 5. The van der Waals surface area contributed by atoms with E-state index in [2.05, 4.69) is 35.0 Å². The minimum atomic E-state index is -4.37. The number of halogens is 3. The molecule has 1 aromatic rings. The molecule has 0 N–H and O–H groups in total. The zero-order valence-corrected chi connectivity index (χ0v) is 19.4. The predicted octanol–water partition coefficient (Wildman–Crippen LogP) is 4.96. The summed E-state index contributed by atoms with van der Waals surface area (Å²) in [5.74, 6) is 2.56. The highest BCUT2D eigenvalue weighted by molar-refractivity contribution is 7.97. The summed E-state index contributed by atoms with van der Waals surface area (Å²) in [6, 6.07) is 1.33. The highest BCUT2D eigenvalue weighted by atomic mass is 32.2. The van der Waals surface area contributed by atoms with Crippen molar-refractivity contribution in [3.63, 3.8) is 0 Å². The molecule has 0 radical (unpaired) electrons. The fraction of sp³-hybridized carbons (Fsp3) is 0.739. The van der Waals surface area contributed by atoms with Gasteiger partial charge >= 0.3 is 6.18 Å². The number of aromatic nitrogens is 1. The lowest BCUT2D eigenvalue weighted by Crippen LogP contribution is -2.53. The molecule has 4 atom stereocenters. The van der Waals surface area contributed by atoms with Crippen molar-refractivity contribution in [1.82, 2.24) is 9.29 Å². The van der Waals surface area contributed by atoms with Crippen molar-refractivity contribution in [1.29, 1.82) is 0 Å². The molecule has 3 aliphatic carbocycles. The highest BCUT2D eigenvalue weighted by Crippen LogP contribution is 2.89. The fourth-order valence-corrected chi connectivity index (χ4v) is 8.67. The van der Waals surface area contributed by atoms with Gasteiger partial charge in [-0.1, -0.05) is 25.8 Å². The lowest BCUT2D eigenvalue weighted by atomic mass is 9.55. The molecule has 1 aromatic heterocycles. The second-order valence-corrected chi connectivity index (χ2v) is 11.6. The van der Waals surface area contributed by atoms with Gasteiger partial charge in [0.2, 0.25) is 0 Å². The average Bonchev–Trinajstić information content (AvgIpc) is 3.10. The Morgan fingerprint density at radius 1 is 1.26 bits per heavy atom. The van der Waals surface area contributed by atoms with Crippen LogP contribution in [0.5, 0.6) is 0 Å². The van der Waals surface area contributed by atoms with Crippen molar-refractivity contribution in [3.05, 3.63) is 23.4 Å². The number of nitrogens with zero attached hydrogens (tertiary/aromatic N) is 3. The Hall–Kier alpha value is -1.28. The SMILES string of the molecule is Cc1cc(C(F)(F)F)cnc1N1CCN(SC[C@@]23CCC24[C@H](CC3=O)C4(C)C)C[C@H]1C. The van der Waals surface area contributed by atoms with Crippen LogP contribution >= 0.6 is 11.9 Å². The van der Waals surface area contributed by atoms with Crippen molar-refractivity contribution in [2.75, 3.05) is 30.3 Å². The molecule has 2 heterocycles. The van der Waals surface area contributed by atoms with Gasteiger partial charge in [-0.2, -0.15) is 13.2 Å². The van der Waals surface area contributed by atoms with Gasteiger partial charge in [0, 0.05) is 49.5 Å². The third kappa shape index (κ3) is 2.79. The lowest BCUT2D eigenvalue weighted by molar-refractivity contribution is -0.138. The van der Waals surface area contributed by atoms with Gasteiger partial charge in [-0.05, 0) is 55.1 Å². The topological polar surface area (TPSA) is 36.4 Å². The summed E-state index contributed by atoms with van der Waals surface area (Å²) in [7, 11) is 0. The molecule has 1 unspecified atom stereocenters. The molecule has 8 heteroatoms. The summed E-state index contributed by atoms with van der Waals surface area (Å²) in [5, 5.41) is 0. The molecule has 31 heavy (non-hydrogen) atoms. The Balaban J connectivity index is 1.23. The van der Waals surface area contributed by atoms with Crippen LogP contribution in [-0.4, -0.2) is 46.5 Å². The van der Waals surface area contributed by atoms with Crippen molar-refractivity contribution >= 4 is 23.5 Å². The van der Waals surface area contributed by atoms with E-state index >= 15 is 0 Å². The summed E-state index contributed by atoms with van der Waals surface area (Å²) in [6.45, 7) is 10.8. The fourth-order valence-electron chi connectivity index (χ4n) is 7.17. The van der Waals surface area contributed by atoms with E-state index in [1.165, 1.54) is 12.5 Å². The first kappa shape index (κ1) is 21.6. The van der Waals surface area contributed by atoms with E-state index in [1.807, 2.05) is 0 Å². The minimum absolute atomic E-state index is 0.127.